The summed E-state index contributed by atoms with van der Waals surface area (Å²) >= 11 is 1.65. The standard InChI is InChI=1S/C18H27N3OS/c1-18(2,3)17-20-11-15(23-17)6-7-16(22)19-10-13-8-9-21(12-13)14-4-5-14/h6-7,11,13-14H,4-5,8-10,12H2,1-3H3,(H,19,22)/b7-6-/t13-/m0/s1. The van der Waals surface area contributed by atoms with Crippen LogP contribution in [0.2, 0.25) is 0 Å². The van der Waals surface area contributed by atoms with Crippen molar-refractivity contribution < 1.29 is 4.79 Å². The van der Waals surface area contributed by atoms with Gasteiger partial charge in [-0.05, 0) is 37.8 Å². The van der Waals surface area contributed by atoms with Crippen molar-refractivity contribution in [1.82, 2.24) is 15.2 Å². The van der Waals surface area contributed by atoms with Gasteiger partial charge in [-0.3, -0.25) is 4.79 Å². The smallest absolute Gasteiger partial charge is 0.244 e. The molecule has 1 aliphatic heterocycles. The second-order valence-corrected chi connectivity index (χ2v) is 8.84. The normalized spacial score (nSPS) is 22.8. The maximum Gasteiger partial charge on any atom is 0.244 e. The number of thiazole rings is 1. The number of carbonyl (C=O) groups is 1. The number of nitrogens with one attached hydrogen (secondary N) is 1. The largest absolute Gasteiger partial charge is 0.352 e. The summed E-state index contributed by atoms with van der Waals surface area (Å²) in [5, 5.41) is 4.14. The highest BCUT2D eigenvalue weighted by Gasteiger charge is 2.34. The van der Waals surface area contributed by atoms with Crippen LogP contribution in [0.3, 0.4) is 0 Å². The highest BCUT2D eigenvalue weighted by atomic mass is 32.1. The number of likely N-dealkylation sites (tertiary alicyclic amines) is 1. The minimum atomic E-state index is 0.000538. The van der Waals surface area contributed by atoms with Crippen molar-refractivity contribution in [3.05, 3.63) is 22.2 Å². The van der Waals surface area contributed by atoms with E-state index in [1.165, 1.54) is 25.8 Å². The van der Waals surface area contributed by atoms with Crippen molar-refractivity contribution >= 4 is 23.3 Å². The van der Waals surface area contributed by atoms with Crippen LogP contribution in [0, 0.1) is 5.92 Å². The summed E-state index contributed by atoms with van der Waals surface area (Å²) in [5.74, 6) is 0.615. The summed E-state index contributed by atoms with van der Waals surface area (Å²) in [5.41, 5.74) is 0.0644. The average Bonchev–Trinajstić information content (AvgIpc) is 3.04. The van der Waals surface area contributed by atoms with Gasteiger partial charge in [-0.1, -0.05) is 20.8 Å². The zero-order valence-corrected chi connectivity index (χ0v) is 15.2. The first kappa shape index (κ1) is 16.7. The molecule has 0 unspecified atom stereocenters. The van der Waals surface area contributed by atoms with Gasteiger partial charge in [0.1, 0.15) is 0 Å². The molecule has 1 saturated heterocycles. The number of hydrogen-bond acceptors (Lipinski definition) is 4. The lowest BCUT2D eigenvalue weighted by Crippen LogP contribution is -2.30. The Kier molecular flexibility index (Phi) is 4.87. The van der Waals surface area contributed by atoms with Crippen LogP contribution in [-0.2, 0) is 10.2 Å². The van der Waals surface area contributed by atoms with E-state index in [0.29, 0.717) is 5.92 Å². The molecular formula is C18H27N3OS. The molecule has 1 atom stereocenters. The lowest BCUT2D eigenvalue weighted by Gasteiger charge is -2.14. The molecule has 0 spiro atoms. The van der Waals surface area contributed by atoms with Crippen molar-refractivity contribution in [3.63, 3.8) is 0 Å². The summed E-state index contributed by atoms with van der Waals surface area (Å²) in [6.07, 6.45) is 9.30. The molecule has 23 heavy (non-hydrogen) atoms. The number of rotatable bonds is 5. The number of hydrogen-bond donors (Lipinski definition) is 1. The molecule has 1 N–H and O–H groups in total. The first-order chi connectivity index (χ1) is 10.9. The van der Waals surface area contributed by atoms with Crippen LogP contribution in [0.15, 0.2) is 12.3 Å². The Morgan fingerprint density at radius 3 is 2.87 bits per heavy atom. The number of aromatic nitrogens is 1. The van der Waals surface area contributed by atoms with Gasteiger partial charge in [-0.25, -0.2) is 4.98 Å². The van der Waals surface area contributed by atoms with Crippen LogP contribution in [0.1, 0.15) is 49.9 Å². The minimum Gasteiger partial charge on any atom is -0.352 e. The third-order valence-electron chi connectivity index (χ3n) is 4.51. The number of nitrogens with zero attached hydrogens (tertiary/aromatic N) is 2. The molecule has 3 rings (SSSR count). The lowest BCUT2D eigenvalue weighted by molar-refractivity contribution is -0.116. The molecule has 1 saturated carbocycles. The summed E-state index contributed by atoms with van der Waals surface area (Å²) in [4.78, 5) is 20.0. The van der Waals surface area contributed by atoms with E-state index in [2.05, 4.69) is 36.0 Å². The molecular weight excluding hydrogens is 306 g/mol. The van der Waals surface area contributed by atoms with Gasteiger partial charge in [-0.15, -0.1) is 11.3 Å². The van der Waals surface area contributed by atoms with Crippen molar-refractivity contribution in [1.29, 1.82) is 0 Å². The van der Waals surface area contributed by atoms with Crippen LogP contribution >= 0.6 is 11.3 Å². The second kappa shape index (κ2) is 6.73. The zero-order chi connectivity index (χ0) is 16.4. The monoisotopic (exact) mass is 333 g/mol. The van der Waals surface area contributed by atoms with Gasteiger partial charge in [0.25, 0.3) is 0 Å². The van der Waals surface area contributed by atoms with E-state index < -0.39 is 0 Å². The number of carbonyl (C=O) groups excluding carboxylic acids is 1. The highest BCUT2D eigenvalue weighted by Crippen LogP contribution is 2.31. The molecule has 1 aromatic heterocycles. The molecule has 2 fully saturated rings. The summed E-state index contributed by atoms with van der Waals surface area (Å²) < 4.78 is 0. The molecule has 5 heteroatoms. The van der Waals surface area contributed by atoms with Crippen molar-refractivity contribution in [3.8, 4) is 0 Å². The Morgan fingerprint density at radius 1 is 1.43 bits per heavy atom. The molecule has 4 nitrogen and oxygen atoms in total. The van der Waals surface area contributed by atoms with Crippen molar-refractivity contribution in [2.45, 2.75) is 51.5 Å². The van der Waals surface area contributed by atoms with E-state index in [4.69, 9.17) is 0 Å². The molecule has 0 aromatic carbocycles. The third kappa shape index (κ3) is 4.64. The number of amides is 1. The predicted molar refractivity (Wildman–Crippen MR) is 95.6 cm³/mol. The van der Waals surface area contributed by atoms with Gasteiger partial charge in [0.15, 0.2) is 0 Å². The summed E-state index contributed by atoms with van der Waals surface area (Å²) in [6.45, 7) is 9.61. The molecule has 1 aliphatic carbocycles. The van der Waals surface area contributed by atoms with Crippen LogP contribution in [0.5, 0.6) is 0 Å². The first-order valence-corrected chi connectivity index (χ1v) is 9.40. The van der Waals surface area contributed by atoms with Gasteiger partial charge in [0.05, 0.1) is 5.01 Å². The Bertz CT molecular complexity index is 583. The van der Waals surface area contributed by atoms with Crippen molar-refractivity contribution in [2.24, 2.45) is 5.92 Å². The Hall–Kier alpha value is -1.20. The maximum absolute atomic E-state index is 12.0. The van der Waals surface area contributed by atoms with Crippen LogP contribution in [0.25, 0.3) is 6.08 Å². The van der Waals surface area contributed by atoms with Crippen LogP contribution in [0.4, 0.5) is 0 Å². The zero-order valence-electron chi connectivity index (χ0n) is 14.3. The lowest BCUT2D eigenvalue weighted by atomic mass is 9.98. The SMILES string of the molecule is CC(C)(C)c1ncc(/C=C\C(=O)NC[C@@H]2CCN(C3CC3)C2)s1. The van der Waals surface area contributed by atoms with E-state index in [1.807, 2.05) is 12.3 Å². The van der Waals surface area contributed by atoms with Gasteiger partial charge < -0.3 is 10.2 Å². The molecule has 126 valence electrons. The van der Waals surface area contributed by atoms with E-state index in [0.717, 1.165) is 29.0 Å². The third-order valence-corrected chi connectivity index (χ3v) is 5.90. The first-order valence-electron chi connectivity index (χ1n) is 8.58. The molecule has 2 aliphatic rings. The van der Waals surface area contributed by atoms with Crippen molar-refractivity contribution in [2.75, 3.05) is 19.6 Å². The van der Waals surface area contributed by atoms with E-state index in [1.54, 1.807) is 17.4 Å². The quantitative estimate of drug-likeness (QED) is 0.843. The Labute approximate surface area is 143 Å². The minimum absolute atomic E-state index is 0.000538. The predicted octanol–water partition coefficient (Wildman–Crippen LogP) is 3.05. The molecule has 0 bridgehead atoms. The fourth-order valence-corrected chi connectivity index (χ4v) is 3.85. The van der Waals surface area contributed by atoms with Gasteiger partial charge in [0.2, 0.25) is 5.91 Å². The summed E-state index contributed by atoms with van der Waals surface area (Å²) in [6, 6.07) is 0.846. The molecule has 1 amide bonds. The highest BCUT2D eigenvalue weighted by molar-refractivity contribution is 7.12. The Morgan fingerprint density at radius 2 is 2.22 bits per heavy atom. The molecule has 0 radical (unpaired) electrons. The average molecular weight is 334 g/mol. The van der Waals surface area contributed by atoms with Gasteiger partial charge in [0, 0.05) is 41.7 Å². The Balaban J connectivity index is 1.43. The molecule has 2 heterocycles. The van der Waals surface area contributed by atoms with E-state index in [-0.39, 0.29) is 11.3 Å². The fraction of sp³-hybridized carbons (Fsp3) is 0.667. The maximum atomic E-state index is 12.0. The van der Waals surface area contributed by atoms with E-state index in [9.17, 15) is 4.79 Å². The van der Waals surface area contributed by atoms with Crippen LogP contribution < -0.4 is 5.32 Å². The van der Waals surface area contributed by atoms with Crippen LogP contribution in [-0.4, -0.2) is 41.5 Å². The summed E-state index contributed by atoms with van der Waals surface area (Å²) in [7, 11) is 0. The van der Waals surface area contributed by atoms with Gasteiger partial charge in [-0.2, -0.15) is 0 Å². The van der Waals surface area contributed by atoms with E-state index >= 15 is 0 Å². The molecule has 1 aromatic rings. The topological polar surface area (TPSA) is 45.2 Å². The second-order valence-electron chi connectivity index (χ2n) is 7.78. The fourth-order valence-electron chi connectivity index (χ4n) is 2.97. The van der Waals surface area contributed by atoms with Gasteiger partial charge >= 0.3 is 0 Å².